The lowest BCUT2D eigenvalue weighted by Gasteiger charge is -2.45. The molecule has 34 nitrogen and oxygen atoms in total. The molecular weight excluding hydrogens is 1780 g/mol. The van der Waals surface area contributed by atoms with Crippen molar-refractivity contribution in [2.45, 2.75) is 171 Å². The number of ether oxygens (including phenoxy) is 7. The van der Waals surface area contributed by atoms with Crippen molar-refractivity contribution >= 4 is 103 Å². The Morgan fingerprint density at radius 2 is 0.925 bits per heavy atom. The summed E-state index contributed by atoms with van der Waals surface area (Å²) >= 11 is 0. The Labute approximate surface area is 779 Å². The molecule has 8 rings (SSSR count). The number of sulfonamides is 2. The number of amides is 3. The highest BCUT2D eigenvalue weighted by Crippen LogP contribution is 2.54. The van der Waals surface area contributed by atoms with Gasteiger partial charge in [0.2, 0.25) is 37.8 Å². The van der Waals surface area contributed by atoms with E-state index in [1.54, 1.807) is 83.1 Å². The molecule has 0 radical (unpaired) electrons. The number of ketones is 4. The molecule has 0 aliphatic carbocycles. The Kier molecular flexibility index (Phi) is 35.5. The van der Waals surface area contributed by atoms with E-state index in [2.05, 4.69) is 14.8 Å². The zero-order valence-electron chi connectivity index (χ0n) is 78.6. The molecule has 0 bridgehead atoms. The number of phenols is 2. The van der Waals surface area contributed by atoms with Crippen LogP contribution in [0.15, 0.2) is 131 Å². The lowest BCUT2D eigenvalue weighted by Crippen LogP contribution is -2.53. The second-order valence-electron chi connectivity index (χ2n) is 37.2. The van der Waals surface area contributed by atoms with Crippen LogP contribution in [-0.2, 0) is 86.9 Å². The highest BCUT2D eigenvalue weighted by atomic mass is 32.2. The van der Waals surface area contributed by atoms with Crippen LogP contribution >= 0.6 is 0 Å². The highest BCUT2D eigenvalue weighted by Gasteiger charge is 2.62. The smallest absolute Gasteiger partial charge is 0.318 e. The monoisotopic (exact) mass is 1900 g/mol. The SMILES string of the molecule is CCOC(=O)C(C(CC(C)(C)C1C(=O)OC(=O)C1C)C(=O)O)C(C)(C)CC(C(=O)O)C(C(=O)OCCOc1ccc(C(=O)CC(=O)c2ccc(C)cc2)cc1)C(C)(CC1C(=O)N(CCCNS(=O)(=O)c2cc(C(=O)c3ccc(C)cc3)c(O)cc2OC)C(=O)C1C(C)(C)CC(C(=O)O)C(C(=O)NCCCNS(=O)(=O)c1cc(C(=O)c2ccc(C)cc2)c(O)cc1OC)C(C)(C)CC)OC. The summed E-state index contributed by atoms with van der Waals surface area (Å²) in [6.45, 7) is 19.6. The van der Waals surface area contributed by atoms with E-state index in [0.29, 0.717) is 5.56 Å². The number of carboxylic acids is 3. The standard InChI is InChI=1S/C98H122N4O30S2/c1-19-94(7,8)78(84(109)99-39-21-40-100-133(122,123)75-45-63(71(105)48-73(75)126-16)82(107)60-31-25-55(4)26-32-60)66(87(112)113)50-96(11,12)79-65(85(110)102(86(79)111)42-22-41-101-134(124,125)76-46-64(72(106)49-74(76)127-17)83(108)61-33-27-56(5)28-34-61)53-98(15,128-18)81(92(120)131-44-43-130-62-37-35-59(36-38-62)70(104)47-69(103)58-29-23-54(3)24-30-58)68(89(116)117)52-97(13,14)80(91(119)129-20-2)67(88(114)115)51-95(9,10)77-57(6)90(118)132-93(77)121/h23-38,45-46,48-49,57,65-68,77-81,100-101,105-106H,19-22,39-44,47,50-53H2,1-18H3,(H,99,109)(H,112,113)(H,114,115)(H,116,117). The molecule has 134 heavy (non-hydrogen) atoms. The molecule has 2 aliphatic rings. The van der Waals surface area contributed by atoms with Gasteiger partial charge in [-0.05, 0) is 131 Å². The van der Waals surface area contributed by atoms with E-state index < -0.39 is 287 Å². The summed E-state index contributed by atoms with van der Waals surface area (Å²) < 4.78 is 101. The Hall–Kier alpha value is -12.1. The van der Waals surface area contributed by atoms with Crippen LogP contribution in [0.5, 0.6) is 28.7 Å². The number of methoxy groups -OCH3 is 3. The number of rotatable bonds is 51. The minimum atomic E-state index is -4.76. The van der Waals surface area contributed by atoms with Crippen LogP contribution in [0.4, 0.5) is 0 Å². The lowest BCUT2D eigenvalue weighted by atomic mass is 9.59. The normalized spacial score (nSPS) is 17.4. The van der Waals surface area contributed by atoms with E-state index >= 15 is 19.2 Å². The van der Waals surface area contributed by atoms with Crippen LogP contribution in [0.3, 0.4) is 0 Å². The van der Waals surface area contributed by atoms with Gasteiger partial charge in [-0.15, -0.1) is 0 Å². The molecule has 3 amide bonds. The van der Waals surface area contributed by atoms with Crippen LogP contribution in [-0.4, -0.2) is 203 Å². The van der Waals surface area contributed by atoms with Gasteiger partial charge < -0.3 is 64.0 Å². The second kappa shape index (κ2) is 44.4. The van der Waals surface area contributed by atoms with Gasteiger partial charge in [-0.2, -0.15) is 0 Å². The predicted octanol–water partition coefficient (Wildman–Crippen LogP) is 11.7. The van der Waals surface area contributed by atoms with Gasteiger partial charge in [-0.3, -0.25) is 72.0 Å². The van der Waals surface area contributed by atoms with E-state index in [1.807, 2.05) is 6.92 Å². The van der Waals surface area contributed by atoms with Crippen molar-refractivity contribution in [3.8, 4) is 28.7 Å². The molecule has 11 atom stereocenters. The van der Waals surface area contributed by atoms with E-state index in [-0.39, 0.29) is 66.3 Å². The Morgan fingerprint density at radius 3 is 1.35 bits per heavy atom. The number of carboxylic acid groups (broad SMARTS) is 3. The van der Waals surface area contributed by atoms with Gasteiger partial charge in [-0.1, -0.05) is 165 Å². The van der Waals surface area contributed by atoms with Gasteiger partial charge in [0.1, 0.15) is 51.8 Å². The number of Topliss-reactive ketones (excluding diaryl/α,β-unsaturated/α-hetero) is 2. The Morgan fingerprint density at radius 1 is 0.500 bits per heavy atom. The summed E-state index contributed by atoms with van der Waals surface area (Å²) in [5.74, 6) is -33.8. The maximum Gasteiger partial charge on any atom is 0.318 e. The molecular formula is C98H122N4O30S2. The zero-order valence-corrected chi connectivity index (χ0v) is 80.3. The molecule has 0 saturated carbocycles. The van der Waals surface area contributed by atoms with Crippen LogP contribution in [0.1, 0.15) is 204 Å². The number of aromatic hydroxyl groups is 2. The molecule has 6 aromatic carbocycles. The fraction of sp³-hybridized carbons (Fsp3) is 0.490. The molecule has 2 fully saturated rings. The van der Waals surface area contributed by atoms with Crippen molar-refractivity contribution < 1.29 is 143 Å². The molecule has 2 heterocycles. The van der Waals surface area contributed by atoms with Crippen LogP contribution in [0, 0.1) is 102 Å². The second-order valence-corrected chi connectivity index (χ2v) is 40.7. The molecule has 726 valence electrons. The van der Waals surface area contributed by atoms with E-state index in [4.69, 9.17) is 33.2 Å². The number of aryl methyl sites for hydroxylation is 3. The molecule has 0 spiro atoms. The zero-order chi connectivity index (χ0) is 100.0. The van der Waals surface area contributed by atoms with E-state index in [0.717, 1.165) is 67.2 Å². The lowest BCUT2D eigenvalue weighted by molar-refractivity contribution is -0.180. The fourth-order valence-electron chi connectivity index (χ4n) is 18.3. The third-order valence-corrected chi connectivity index (χ3v) is 28.8. The van der Waals surface area contributed by atoms with Gasteiger partial charge in [0, 0.05) is 67.7 Å². The number of nitrogens with one attached hydrogen (secondary N) is 3. The number of hydrogen-bond donors (Lipinski definition) is 8. The van der Waals surface area contributed by atoms with Crippen LogP contribution < -0.4 is 29.0 Å². The fourth-order valence-corrected chi connectivity index (χ4v) is 20.8. The van der Waals surface area contributed by atoms with Crippen molar-refractivity contribution in [1.29, 1.82) is 0 Å². The first-order chi connectivity index (χ1) is 62.6. The quantitative estimate of drug-likeness (QED) is 0.00439. The van der Waals surface area contributed by atoms with Crippen molar-refractivity contribution in [2.24, 2.45) is 80.8 Å². The van der Waals surface area contributed by atoms with Gasteiger partial charge in [-0.25, -0.2) is 26.3 Å². The first kappa shape index (κ1) is 107. The minimum absolute atomic E-state index is 0.0983. The third kappa shape index (κ3) is 25.3. The molecule has 36 heteroatoms. The predicted molar refractivity (Wildman–Crippen MR) is 486 cm³/mol. The highest BCUT2D eigenvalue weighted by molar-refractivity contribution is 7.90. The number of hydrogen-bond acceptors (Lipinski definition) is 27. The van der Waals surface area contributed by atoms with Crippen molar-refractivity contribution in [1.82, 2.24) is 19.7 Å². The molecule has 8 N–H and O–H groups in total. The first-order valence-electron chi connectivity index (χ1n) is 43.9. The molecule has 11 unspecified atom stereocenters. The molecule has 2 saturated heterocycles. The number of esters is 4. The summed E-state index contributed by atoms with van der Waals surface area (Å²) in [6.07, 6.45) is -3.77. The average molecular weight is 1900 g/mol. The number of carbonyl (C=O) groups excluding carboxylic acids is 11. The van der Waals surface area contributed by atoms with Crippen molar-refractivity contribution in [3.05, 3.63) is 171 Å². The number of cyclic esters (lactones) is 2. The van der Waals surface area contributed by atoms with Crippen LogP contribution in [0.25, 0.3) is 0 Å². The maximum atomic E-state index is 16.1. The number of aliphatic carboxylic acids is 3. The minimum Gasteiger partial charge on any atom is -0.507 e. The van der Waals surface area contributed by atoms with Gasteiger partial charge in [0.05, 0.1) is 103 Å². The largest absolute Gasteiger partial charge is 0.507 e. The van der Waals surface area contributed by atoms with Crippen molar-refractivity contribution in [3.63, 3.8) is 0 Å². The number of carbonyl (C=O) groups is 14. The van der Waals surface area contributed by atoms with Gasteiger partial charge in [0.25, 0.3) is 0 Å². The van der Waals surface area contributed by atoms with E-state index in [9.17, 15) is 90.3 Å². The van der Waals surface area contributed by atoms with E-state index in [1.165, 1.54) is 111 Å². The molecule has 2 aliphatic heterocycles. The summed E-state index contributed by atoms with van der Waals surface area (Å²) in [7, 11) is -6.02. The Balaban J connectivity index is 1.18. The summed E-state index contributed by atoms with van der Waals surface area (Å²) in [6, 6.07) is 28.6. The number of likely N-dealkylation sites (tertiary alicyclic amines) is 1. The van der Waals surface area contributed by atoms with Crippen LogP contribution in [0.2, 0.25) is 0 Å². The number of benzene rings is 6. The number of phenolic OH excluding ortho intramolecular Hbond substituents is 2. The third-order valence-electron chi connectivity index (χ3n) is 25.9. The summed E-state index contributed by atoms with van der Waals surface area (Å²) in [5, 5.41) is 59.6. The summed E-state index contributed by atoms with van der Waals surface area (Å²) in [5.41, 5.74) is -6.43. The first-order valence-corrected chi connectivity index (χ1v) is 46.9. The Bertz CT molecular complexity index is 5650. The molecule has 6 aromatic rings. The number of imide groups is 1. The van der Waals surface area contributed by atoms with Gasteiger partial charge >= 0.3 is 41.8 Å². The maximum absolute atomic E-state index is 16.1. The molecule has 0 aromatic heterocycles. The number of nitrogens with zero attached hydrogens (tertiary/aromatic N) is 1. The van der Waals surface area contributed by atoms with Crippen molar-refractivity contribution in [2.75, 3.05) is 67.3 Å². The topological polar surface area (TPSA) is 512 Å². The summed E-state index contributed by atoms with van der Waals surface area (Å²) in [4.78, 5) is 201. The van der Waals surface area contributed by atoms with Gasteiger partial charge in [0.15, 0.2) is 23.1 Å². The average Bonchev–Trinajstić information content (AvgIpc) is 1.58.